The minimum absolute atomic E-state index is 0.0295. The zero-order valence-electron chi connectivity index (χ0n) is 12.7. The van der Waals surface area contributed by atoms with Crippen molar-refractivity contribution in [3.8, 4) is 5.88 Å². The lowest BCUT2D eigenvalue weighted by molar-refractivity contribution is -0.386. The van der Waals surface area contributed by atoms with Gasteiger partial charge in [-0.1, -0.05) is 0 Å². The Labute approximate surface area is 139 Å². The number of ether oxygens (including phenoxy) is 2. The zero-order valence-corrected chi connectivity index (χ0v) is 13.5. The molecule has 2 rings (SSSR count). The maximum Gasteiger partial charge on any atom is 0.362 e. The molecule has 0 fully saturated rings. The molecule has 11 nitrogen and oxygen atoms in total. The average molecular weight is 355 g/mol. The molecule has 0 bridgehead atoms. The summed E-state index contributed by atoms with van der Waals surface area (Å²) in [4.78, 5) is 37.8. The summed E-state index contributed by atoms with van der Waals surface area (Å²) in [5.74, 6) is -1.53. The van der Waals surface area contributed by atoms with E-state index in [1.54, 1.807) is 12.3 Å². The Bertz CT molecular complexity index is 770. The molecule has 12 heteroatoms. The second-order valence-corrected chi connectivity index (χ2v) is 5.15. The summed E-state index contributed by atoms with van der Waals surface area (Å²) >= 11 is 1.07. The van der Waals surface area contributed by atoms with Gasteiger partial charge in [-0.3, -0.25) is 30.1 Å². The predicted molar refractivity (Wildman–Crippen MR) is 82.2 cm³/mol. The van der Waals surface area contributed by atoms with Gasteiger partial charge in [-0.05, 0) is 6.92 Å². The summed E-state index contributed by atoms with van der Waals surface area (Å²) in [6.07, 6.45) is -0.0295. The summed E-state index contributed by atoms with van der Waals surface area (Å²) in [6, 6.07) is 0. The fraction of sp³-hybridized carbons (Fsp3) is 0.333. The summed E-state index contributed by atoms with van der Waals surface area (Å²) < 4.78 is 9.53. The molecule has 2 aromatic rings. The second kappa shape index (κ2) is 7.50. The molecular formula is C12H13N5O6S. The van der Waals surface area contributed by atoms with E-state index >= 15 is 0 Å². The number of hydrogen-bond acceptors (Lipinski definition) is 9. The molecule has 0 unspecified atom stereocenters. The SMILES string of the molecule is CCOC(=O)Cc1csc(NC(=O)c2[nH]nc(OC)c2[N+](=O)[O-])n1. The first-order valence-electron chi connectivity index (χ1n) is 6.64. The van der Waals surface area contributed by atoms with Gasteiger partial charge in [0.25, 0.3) is 5.91 Å². The highest BCUT2D eigenvalue weighted by atomic mass is 32.1. The van der Waals surface area contributed by atoms with Crippen molar-refractivity contribution in [3.05, 3.63) is 26.9 Å². The van der Waals surface area contributed by atoms with E-state index in [-0.39, 0.29) is 29.7 Å². The van der Waals surface area contributed by atoms with Crippen molar-refractivity contribution in [2.75, 3.05) is 19.0 Å². The van der Waals surface area contributed by atoms with E-state index in [4.69, 9.17) is 9.47 Å². The highest BCUT2D eigenvalue weighted by molar-refractivity contribution is 7.14. The highest BCUT2D eigenvalue weighted by Crippen LogP contribution is 2.28. The van der Waals surface area contributed by atoms with Gasteiger partial charge in [0.15, 0.2) is 5.13 Å². The molecule has 0 radical (unpaired) electrons. The van der Waals surface area contributed by atoms with E-state index in [0.717, 1.165) is 11.3 Å². The lowest BCUT2D eigenvalue weighted by Gasteiger charge is -1.99. The number of methoxy groups -OCH3 is 1. The van der Waals surface area contributed by atoms with Gasteiger partial charge in [0, 0.05) is 5.38 Å². The number of esters is 1. The molecule has 24 heavy (non-hydrogen) atoms. The van der Waals surface area contributed by atoms with Crippen LogP contribution in [0, 0.1) is 10.1 Å². The van der Waals surface area contributed by atoms with Gasteiger partial charge in [0.1, 0.15) is 0 Å². The minimum atomic E-state index is -0.797. The topological polar surface area (TPSA) is 149 Å². The number of H-pyrrole nitrogens is 1. The third-order valence-electron chi connectivity index (χ3n) is 2.71. The second-order valence-electron chi connectivity index (χ2n) is 4.29. The maximum absolute atomic E-state index is 12.1. The van der Waals surface area contributed by atoms with E-state index < -0.39 is 22.5 Å². The van der Waals surface area contributed by atoms with E-state index in [2.05, 4.69) is 20.5 Å². The number of amides is 1. The number of nitro groups is 1. The van der Waals surface area contributed by atoms with E-state index in [1.807, 2.05) is 0 Å². The van der Waals surface area contributed by atoms with Crippen LogP contribution in [-0.4, -0.2) is 45.7 Å². The van der Waals surface area contributed by atoms with E-state index in [1.165, 1.54) is 7.11 Å². The molecule has 128 valence electrons. The van der Waals surface area contributed by atoms with Gasteiger partial charge in [-0.2, -0.15) is 0 Å². The largest absolute Gasteiger partial charge is 0.475 e. The lowest BCUT2D eigenvalue weighted by atomic mass is 10.3. The number of aromatic amines is 1. The Morgan fingerprint density at radius 1 is 1.50 bits per heavy atom. The van der Waals surface area contributed by atoms with Gasteiger partial charge >= 0.3 is 17.5 Å². The van der Waals surface area contributed by atoms with Crippen LogP contribution in [0.3, 0.4) is 0 Å². The summed E-state index contributed by atoms with van der Waals surface area (Å²) in [5, 5.41) is 21.0. The Morgan fingerprint density at radius 3 is 2.88 bits per heavy atom. The van der Waals surface area contributed by atoms with Gasteiger partial charge < -0.3 is 9.47 Å². The number of hydrogen-bond donors (Lipinski definition) is 2. The monoisotopic (exact) mass is 355 g/mol. The number of carbonyl (C=O) groups is 2. The first-order chi connectivity index (χ1) is 11.5. The van der Waals surface area contributed by atoms with Crippen LogP contribution in [0.15, 0.2) is 5.38 Å². The first kappa shape index (κ1) is 17.3. The van der Waals surface area contributed by atoms with Crippen LogP contribution < -0.4 is 10.1 Å². The number of aromatic nitrogens is 3. The summed E-state index contributed by atoms with van der Waals surface area (Å²) in [5.41, 5.74) is -0.511. The van der Waals surface area contributed by atoms with Crippen LogP contribution in [0.25, 0.3) is 0 Å². The van der Waals surface area contributed by atoms with Crippen molar-refractivity contribution in [1.82, 2.24) is 15.2 Å². The van der Waals surface area contributed by atoms with E-state index in [9.17, 15) is 19.7 Å². The zero-order chi connectivity index (χ0) is 17.7. The molecule has 0 aliphatic rings. The average Bonchev–Trinajstić information content (AvgIpc) is 3.13. The van der Waals surface area contributed by atoms with Crippen molar-refractivity contribution < 1.29 is 24.0 Å². The molecule has 0 saturated carbocycles. The third-order valence-corrected chi connectivity index (χ3v) is 3.52. The van der Waals surface area contributed by atoms with Crippen molar-refractivity contribution >= 4 is 34.0 Å². The quantitative estimate of drug-likeness (QED) is 0.426. The Balaban J connectivity index is 2.11. The van der Waals surface area contributed by atoms with Crippen LogP contribution in [0.2, 0.25) is 0 Å². The van der Waals surface area contributed by atoms with Crippen LogP contribution in [0.5, 0.6) is 5.88 Å². The fourth-order valence-electron chi connectivity index (χ4n) is 1.75. The highest BCUT2D eigenvalue weighted by Gasteiger charge is 2.30. The molecule has 2 heterocycles. The lowest BCUT2D eigenvalue weighted by Crippen LogP contribution is -2.14. The Kier molecular flexibility index (Phi) is 5.42. The van der Waals surface area contributed by atoms with Crippen molar-refractivity contribution in [2.45, 2.75) is 13.3 Å². The number of nitrogens with zero attached hydrogens (tertiary/aromatic N) is 3. The Hall–Kier alpha value is -3.02. The number of thiazole rings is 1. The molecule has 2 N–H and O–H groups in total. The van der Waals surface area contributed by atoms with Crippen LogP contribution >= 0.6 is 11.3 Å². The molecule has 0 aliphatic heterocycles. The molecule has 0 saturated heterocycles. The van der Waals surface area contributed by atoms with Gasteiger partial charge in [-0.15, -0.1) is 16.4 Å². The fourth-order valence-corrected chi connectivity index (χ4v) is 2.46. The van der Waals surface area contributed by atoms with Crippen LogP contribution in [0.4, 0.5) is 10.8 Å². The van der Waals surface area contributed by atoms with Gasteiger partial charge in [0.05, 0.1) is 30.8 Å². The maximum atomic E-state index is 12.1. The van der Waals surface area contributed by atoms with Crippen LogP contribution in [0.1, 0.15) is 23.1 Å². The van der Waals surface area contributed by atoms with Crippen molar-refractivity contribution in [3.63, 3.8) is 0 Å². The molecule has 1 amide bonds. The number of anilines is 1. The smallest absolute Gasteiger partial charge is 0.362 e. The normalized spacial score (nSPS) is 10.2. The third kappa shape index (κ3) is 3.84. The van der Waals surface area contributed by atoms with E-state index in [0.29, 0.717) is 5.69 Å². The molecule has 2 aromatic heterocycles. The van der Waals surface area contributed by atoms with Crippen LogP contribution in [-0.2, 0) is 16.0 Å². The summed E-state index contributed by atoms with van der Waals surface area (Å²) in [6.45, 7) is 1.95. The molecule has 0 aliphatic carbocycles. The molecule has 0 atom stereocenters. The number of nitrogens with one attached hydrogen (secondary N) is 2. The van der Waals surface area contributed by atoms with Gasteiger partial charge in [-0.25, -0.2) is 4.98 Å². The minimum Gasteiger partial charge on any atom is -0.475 e. The van der Waals surface area contributed by atoms with Crippen molar-refractivity contribution in [2.24, 2.45) is 0 Å². The summed E-state index contributed by atoms with van der Waals surface area (Å²) in [7, 11) is 1.20. The number of rotatable bonds is 7. The van der Waals surface area contributed by atoms with Crippen molar-refractivity contribution in [1.29, 1.82) is 0 Å². The van der Waals surface area contributed by atoms with Gasteiger partial charge in [0.2, 0.25) is 5.69 Å². The Morgan fingerprint density at radius 2 is 2.25 bits per heavy atom. The molecular weight excluding hydrogens is 342 g/mol. The molecule has 0 spiro atoms. The molecule has 0 aromatic carbocycles. The standard InChI is InChI=1S/C12H13N5O6S/c1-3-23-7(18)4-6-5-24-12(13-6)14-10(19)8-9(17(20)21)11(22-2)16-15-8/h5H,3-4H2,1-2H3,(H,15,16)(H,13,14,19). The predicted octanol–water partition coefficient (Wildman–Crippen LogP) is 1.14. The number of carbonyl (C=O) groups excluding carboxylic acids is 2. The first-order valence-corrected chi connectivity index (χ1v) is 7.52.